The fourth-order valence-corrected chi connectivity index (χ4v) is 3.17. The third-order valence-corrected chi connectivity index (χ3v) is 4.62. The van der Waals surface area contributed by atoms with E-state index in [-0.39, 0.29) is 6.10 Å². The van der Waals surface area contributed by atoms with Crippen molar-refractivity contribution in [1.29, 1.82) is 0 Å². The van der Waals surface area contributed by atoms with Crippen LogP contribution in [0.25, 0.3) is 0 Å². The number of aryl methyl sites for hydroxylation is 1. The fraction of sp³-hybridized carbons (Fsp3) is 0.700. The zero-order valence-electron chi connectivity index (χ0n) is 15.4. The van der Waals surface area contributed by atoms with E-state index in [0.29, 0.717) is 6.04 Å². The van der Waals surface area contributed by atoms with E-state index in [0.717, 1.165) is 5.75 Å². The van der Waals surface area contributed by atoms with Gasteiger partial charge in [-0.1, -0.05) is 12.1 Å². The summed E-state index contributed by atoms with van der Waals surface area (Å²) >= 11 is 0. The summed E-state index contributed by atoms with van der Waals surface area (Å²) in [4.78, 5) is 5.20. The lowest BCUT2D eigenvalue weighted by Crippen LogP contribution is -2.48. The largest absolute Gasteiger partial charge is 0.491 e. The third-order valence-electron chi connectivity index (χ3n) is 4.62. The highest BCUT2D eigenvalue weighted by atomic mass is 16.5. The van der Waals surface area contributed by atoms with Gasteiger partial charge in [-0.3, -0.25) is 4.90 Å². The highest BCUT2D eigenvalue weighted by Crippen LogP contribution is 2.15. The van der Waals surface area contributed by atoms with Gasteiger partial charge in [0, 0.05) is 32.2 Å². The number of piperazine rings is 1. The predicted octanol–water partition coefficient (Wildman–Crippen LogP) is 3.82. The van der Waals surface area contributed by atoms with E-state index in [9.17, 15) is 0 Å². The van der Waals surface area contributed by atoms with Gasteiger partial charge in [0.2, 0.25) is 0 Å². The second-order valence-electron chi connectivity index (χ2n) is 7.24. The Bertz CT molecular complexity index is 433. The quantitative estimate of drug-likeness (QED) is 0.678. The topological polar surface area (TPSA) is 15.7 Å². The van der Waals surface area contributed by atoms with Crippen molar-refractivity contribution in [3.8, 4) is 5.75 Å². The lowest BCUT2D eigenvalue weighted by atomic mass is 10.1. The van der Waals surface area contributed by atoms with E-state index in [2.05, 4.69) is 61.8 Å². The molecule has 2 rings (SSSR count). The monoisotopic (exact) mass is 318 g/mol. The smallest absolute Gasteiger partial charge is 0.119 e. The average molecular weight is 319 g/mol. The first-order valence-corrected chi connectivity index (χ1v) is 9.26. The van der Waals surface area contributed by atoms with Crippen LogP contribution in [0.2, 0.25) is 0 Å². The summed E-state index contributed by atoms with van der Waals surface area (Å²) in [5, 5.41) is 0. The molecular formula is C20H34N2O. The Hall–Kier alpha value is -1.06. The van der Waals surface area contributed by atoms with Gasteiger partial charge in [-0.05, 0) is 71.2 Å². The van der Waals surface area contributed by atoms with Crippen LogP contribution in [0.1, 0.15) is 46.1 Å². The number of hydrogen-bond donors (Lipinski definition) is 0. The molecular weight excluding hydrogens is 284 g/mol. The summed E-state index contributed by atoms with van der Waals surface area (Å²) in [7, 11) is 0. The molecule has 1 heterocycles. The van der Waals surface area contributed by atoms with Crippen LogP contribution in [-0.2, 0) is 6.42 Å². The zero-order chi connectivity index (χ0) is 16.7. The normalized spacial score (nSPS) is 17.1. The SMILES string of the molecule is CC(C)Oc1ccc(CCCCN2CCN(C(C)C)CC2)cc1. The van der Waals surface area contributed by atoms with Crippen molar-refractivity contribution in [3.63, 3.8) is 0 Å². The molecule has 0 aromatic heterocycles. The molecule has 0 N–H and O–H groups in total. The Morgan fingerprint density at radius 2 is 1.57 bits per heavy atom. The molecule has 0 atom stereocenters. The first kappa shape index (κ1) is 18.3. The van der Waals surface area contributed by atoms with E-state index in [1.165, 1.54) is 57.5 Å². The molecule has 0 bridgehead atoms. The first-order chi connectivity index (χ1) is 11.0. The minimum absolute atomic E-state index is 0.247. The molecule has 1 aromatic carbocycles. The van der Waals surface area contributed by atoms with Gasteiger partial charge >= 0.3 is 0 Å². The highest BCUT2D eigenvalue weighted by molar-refractivity contribution is 5.27. The number of hydrogen-bond acceptors (Lipinski definition) is 3. The summed E-state index contributed by atoms with van der Waals surface area (Å²) in [6.07, 6.45) is 3.99. The lowest BCUT2D eigenvalue weighted by molar-refractivity contribution is 0.107. The molecule has 0 radical (unpaired) electrons. The molecule has 23 heavy (non-hydrogen) atoms. The molecule has 0 amide bonds. The second kappa shape index (κ2) is 9.29. The van der Waals surface area contributed by atoms with Gasteiger partial charge in [-0.15, -0.1) is 0 Å². The van der Waals surface area contributed by atoms with Crippen LogP contribution in [0.4, 0.5) is 0 Å². The molecule has 1 aliphatic rings. The van der Waals surface area contributed by atoms with Gasteiger partial charge in [-0.25, -0.2) is 0 Å². The molecule has 1 aliphatic heterocycles. The summed E-state index contributed by atoms with van der Waals surface area (Å²) < 4.78 is 5.69. The summed E-state index contributed by atoms with van der Waals surface area (Å²) in [5.74, 6) is 0.978. The Morgan fingerprint density at radius 3 is 2.13 bits per heavy atom. The second-order valence-corrected chi connectivity index (χ2v) is 7.24. The maximum atomic E-state index is 5.69. The molecule has 130 valence electrons. The van der Waals surface area contributed by atoms with Crippen molar-refractivity contribution in [3.05, 3.63) is 29.8 Å². The number of nitrogens with zero attached hydrogens (tertiary/aromatic N) is 2. The molecule has 0 saturated carbocycles. The number of rotatable bonds is 8. The molecule has 3 nitrogen and oxygen atoms in total. The van der Waals surface area contributed by atoms with Crippen molar-refractivity contribution in [2.24, 2.45) is 0 Å². The van der Waals surface area contributed by atoms with Crippen LogP contribution in [0.3, 0.4) is 0 Å². The van der Waals surface area contributed by atoms with Crippen LogP contribution in [0.15, 0.2) is 24.3 Å². The molecule has 3 heteroatoms. The Balaban J connectivity index is 1.60. The minimum atomic E-state index is 0.247. The van der Waals surface area contributed by atoms with E-state index < -0.39 is 0 Å². The van der Waals surface area contributed by atoms with Crippen molar-refractivity contribution in [2.45, 2.75) is 59.1 Å². The number of benzene rings is 1. The molecule has 0 aliphatic carbocycles. The lowest BCUT2D eigenvalue weighted by Gasteiger charge is -2.36. The summed E-state index contributed by atoms with van der Waals surface area (Å²) in [5.41, 5.74) is 1.42. The van der Waals surface area contributed by atoms with Crippen LogP contribution in [0, 0.1) is 0 Å². The standard InChI is InChI=1S/C20H34N2O/c1-17(2)22-15-13-21(14-16-22)12-6-5-7-19-8-10-20(11-9-19)23-18(3)4/h8-11,17-18H,5-7,12-16H2,1-4H3. The molecule has 1 aromatic rings. The van der Waals surface area contributed by atoms with Crippen molar-refractivity contribution < 1.29 is 4.74 Å². The zero-order valence-corrected chi connectivity index (χ0v) is 15.4. The van der Waals surface area contributed by atoms with E-state index in [1.807, 2.05) is 0 Å². The van der Waals surface area contributed by atoms with Gasteiger partial charge in [0.15, 0.2) is 0 Å². The Morgan fingerprint density at radius 1 is 0.913 bits per heavy atom. The van der Waals surface area contributed by atoms with Crippen LogP contribution in [-0.4, -0.2) is 54.7 Å². The Kier molecular flexibility index (Phi) is 7.38. The predicted molar refractivity (Wildman–Crippen MR) is 98.3 cm³/mol. The van der Waals surface area contributed by atoms with Gasteiger partial charge in [0.05, 0.1) is 6.10 Å². The molecule has 0 spiro atoms. The van der Waals surface area contributed by atoms with Crippen LogP contribution < -0.4 is 4.74 Å². The third kappa shape index (κ3) is 6.52. The highest BCUT2D eigenvalue weighted by Gasteiger charge is 2.17. The molecule has 1 fully saturated rings. The van der Waals surface area contributed by atoms with Gasteiger partial charge < -0.3 is 9.64 Å². The fourth-order valence-electron chi connectivity index (χ4n) is 3.17. The summed E-state index contributed by atoms with van der Waals surface area (Å²) in [6.45, 7) is 14.9. The van der Waals surface area contributed by atoms with Gasteiger partial charge in [0.25, 0.3) is 0 Å². The van der Waals surface area contributed by atoms with Gasteiger partial charge in [0.1, 0.15) is 5.75 Å². The van der Waals surface area contributed by atoms with E-state index in [4.69, 9.17) is 4.74 Å². The first-order valence-electron chi connectivity index (χ1n) is 9.26. The van der Waals surface area contributed by atoms with Crippen molar-refractivity contribution >= 4 is 0 Å². The van der Waals surface area contributed by atoms with Gasteiger partial charge in [-0.2, -0.15) is 0 Å². The Labute approximate surface area is 142 Å². The number of unbranched alkanes of at least 4 members (excludes halogenated alkanes) is 1. The van der Waals surface area contributed by atoms with Crippen LogP contribution >= 0.6 is 0 Å². The minimum Gasteiger partial charge on any atom is -0.491 e. The van der Waals surface area contributed by atoms with E-state index >= 15 is 0 Å². The van der Waals surface area contributed by atoms with E-state index in [1.54, 1.807) is 0 Å². The number of ether oxygens (including phenoxy) is 1. The summed E-state index contributed by atoms with van der Waals surface area (Å²) in [6, 6.07) is 9.30. The maximum absolute atomic E-state index is 5.69. The average Bonchev–Trinajstić information content (AvgIpc) is 2.53. The molecule has 0 unspecified atom stereocenters. The molecule has 1 saturated heterocycles. The van der Waals surface area contributed by atoms with Crippen molar-refractivity contribution in [2.75, 3.05) is 32.7 Å². The van der Waals surface area contributed by atoms with Crippen molar-refractivity contribution in [1.82, 2.24) is 9.80 Å². The van der Waals surface area contributed by atoms with Crippen LogP contribution in [0.5, 0.6) is 5.75 Å². The maximum Gasteiger partial charge on any atom is 0.119 e.